The quantitative estimate of drug-likeness (QED) is 0.343. The van der Waals surface area contributed by atoms with Crippen LogP contribution in [-0.4, -0.2) is 36.2 Å². The van der Waals surface area contributed by atoms with E-state index in [2.05, 4.69) is 0 Å². The molecule has 0 aromatic carbocycles. The fourth-order valence-corrected chi connectivity index (χ4v) is 0.940. The minimum atomic E-state index is -0.865. The van der Waals surface area contributed by atoms with E-state index in [4.69, 9.17) is 9.15 Å². The molecule has 1 aromatic rings. The third-order valence-corrected chi connectivity index (χ3v) is 1.54. The summed E-state index contributed by atoms with van der Waals surface area (Å²) in [6.45, 7) is 5.11. The van der Waals surface area contributed by atoms with Crippen LogP contribution in [0.3, 0.4) is 0 Å². The van der Waals surface area contributed by atoms with Gasteiger partial charge in [-0.2, -0.15) is 0 Å². The van der Waals surface area contributed by atoms with E-state index < -0.39 is 17.4 Å². The number of hydrogen-bond acceptors (Lipinski definition) is 4. The largest absolute Gasteiger partial charge is 0.465 e. The van der Waals surface area contributed by atoms with Gasteiger partial charge in [0.05, 0.1) is 6.26 Å². The van der Waals surface area contributed by atoms with E-state index in [0.717, 1.165) is 6.08 Å². The Balaban J connectivity index is 0.00000256. The second-order valence-electron chi connectivity index (χ2n) is 4.21. The van der Waals surface area contributed by atoms with Gasteiger partial charge in [-0.05, 0) is 45.1 Å². The van der Waals surface area contributed by atoms with Crippen LogP contribution in [0.15, 0.2) is 28.9 Å². The fourth-order valence-electron chi connectivity index (χ4n) is 0.940. The van der Waals surface area contributed by atoms with Gasteiger partial charge in [0, 0.05) is 18.9 Å². The van der Waals surface area contributed by atoms with Crippen LogP contribution in [0, 0.1) is 0 Å². The Labute approximate surface area is 112 Å². The Hall–Kier alpha value is -1.24. The Bertz CT molecular complexity index is 399. The predicted octanol–water partition coefficient (Wildman–Crippen LogP) is 1.82. The Morgan fingerprint density at radius 1 is 1.35 bits per heavy atom. The van der Waals surface area contributed by atoms with Gasteiger partial charge >= 0.3 is 5.97 Å². The number of rotatable bonds is 3. The summed E-state index contributed by atoms with van der Waals surface area (Å²) < 4.78 is 9.87. The van der Waals surface area contributed by atoms with Gasteiger partial charge in [-0.3, -0.25) is 4.79 Å². The van der Waals surface area contributed by atoms with Crippen molar-refractivity contribution in [3.63, 3.8) is 0 Å². The van der Waals surface area contributed by atoms with Crippen LogP contribution in [0.4, 0.5) is 0 Å². The number of esters is 1. The molecule has 0 aliphatic carbocycles. The summed E-state index contributed by atoms with van der Waals surface area (Å²) in [5, 5.41) is 0. The number of furan rings is 1. The summed E-state index contributed by atoms with van der Waals surface area (Å²) >= 11 is 0. The van der Waals surface area contributed by atoms with E-state index in [0.29, 0.717) is 5.76 Å². The Morgan fingerprint density at radius 3 is 2.47 bits per heavy atom. The summed E-state index contributed by atoms with van der Waals surface area (Å²) in [6, 6.07) is 3.37. The summed E-state index contributed by atoms with van der Waals surface area (Å²) in [4.78, 5) is 22.6. The van der Waals surface area contributed by atoms with Crippen molar-refractivity contribution >= 4 is 36.7 Å². The topological polar surface area (TPSA) is 56.5 Å². The molecule has 0 amide bonds. The Kier molecular flexibility index (Phi) is 6.01. The van der Waals surface area contributed by atoms with Crippen molar-refractivity contribution in [1.29, 1.82) is 0 Å². The normalized spacial score (nSPS) is 11.0. The van der Waals surface area contributed by atoms with E-state index in [1.54, 1.807) is 32.9 Å². The van der Waals surface area contributed by atoms with Gasteiger partial charge in [0.2, 0.25) is 0 Å². The minimum Gasteiger partial charge on any atom is -0.465 e. The molecule has 87 valence electrons. The average Bonchev–Trinajstić information content (AvgIpc) is 2.63. The van der Waals surface area contributed by atoms with Crippen LogP contribution in [0.25, 0.3) is 6.08 Å². The first-order valence-corrected chi connectivity index (χ1v) is 4.87. The molecule has 0 aliphatic rings. The molecule has 17 heavy (non-hydrogen) atoms. The van der Waals surface area contributed by atoms with Crippen LogP contribution in [-0.2, 0) is 14.3 Å². The van der Waals surface area contributed by atoms with Crippen molar-refractivity contribution in [3.05, 3.63) is 30.2 Å². The molecule has 0 fully saturated rings. The zero-order valence-electron chi connectivity index (χ0n) is 10.5. The van der Waals surface area contributed by atoms with Crippen molar-refractivity contribution in [1.82, 2.24) is 0 Å². The molecule has 0 atom stereocenters. The number of hydrogen-bond donors (Lipinski definition) is 0. The van der Waals surface area contributed by atoms with Crippen LogP contribution < -0.4 is 0 Å². The molecular weight excluding hydrogens is 215 g/mol. The molecular formula is C12H14LiO4. The third-order valence-electron chi connectivity index (χ3n) is 1.54. The van der Waals surface area contributed by atoms with Crippen LogP contribution in [0.1, 0.15) is 26.5 Å². The predicted molar refractivity (Wildman–Crippen MR) is 64.3 cm³/mol. The van der Waals surface area contributed by atoms with Crippen LogP contribution in [0.2, 0.25) is 0 Å². The van der Waals surface area contributed by atoms with Gasteiger partial charge in [-0.1, -0.05) is 0 Å². The summed E-state index contributed by atoms with van der Waals surface area (Å²) in [5.74, 6) is -1.06. The number of carbonyl (C=O) groups is 2. The zero-order valence-corrected chi connectivity index (χ0v) is 10.5. The molecule has 0 aliphatic heterocycles. The third kappa shape index (κ3) is 6.15. The molecule has 0 saturated heterocycles. The summed E-state index contributed by atoms with van der Waals surface area (Å²) in [6.07, 6.45) is 4.04. The number of ketones is 1. The van der Waals surface area contributed by atoms with Crippen molar-refractivity contribution < 1.29 is 18.7 Å². The van der Waals surface area contributed by atoms with Gasteiger partial charge in [-0.25, -0.2) is 4.79 Å². The van der Waals surface area contributed by atoms with Gasteiger partial charge in [0.1, 0.15) is 11.4 Å². The maximum Gasteiger partial charge on any atom is 0.379 e. The molecule has 0 unspecified atom stereocenters. The molecule has 0 saturated carbocycles. The van der Waals surface area contributed by atoms with Crippen molar-refractivity contribution in [2.24, 2.45) is 0 Å². The van der Waals surface area contributed by atoms with E-state index in [-0.39, 0.29) is 18.9 Å². The SMILES string of the molecule is CC(C)(C)OC(=O)C(=O)/C=C\c1ccco1.[Li]. The molecule has 0 bridgehead atoms. The molecule has 1 rings (SSSR count). The Morgan fingerprint density at radius 2 is 2.00 bits per heavy atom. The molecule has 1 heterocycles. The molecule has 5 heteroatoms. The first kappa shape index (κ1) is 15.8. The average molecular weight is 229 g/mol. The summed E-state index contributed by atoms with van der Waals surface area (Å²) in [7, 11) is 0. The first-order valence-electron chi connectivity index (χ1n) is 4.87. The van der Waals surface area contributed by atoms with E-state index in [1.165, 1.54) is 12.3 Å². The van der Waals surface area contributed by atoms with Crippen molar-refractivity contribution in [2.45, 2.75) is 26.4 Å². The van der Waals surface area contributed by atoms with Gasteiger partial charge in [0.15, 0.2) is 0 Å². The fraction of sp³-hybridized carbons (Fsp3) is 0.333. The molecule has 1 radical (unpaired) electrons. The standard InChI is InChI=1S/C12H14O4.Li/c1-12(2,3)16-11(14)10(13)7-6-9-5-4-8-15-9;/h4-8H,1-3H3;/b7-6-;. The van der Waals surface area contributed by atoms with Gasteiger partial charge in [-0.15, -0.1) is 0 Å². The smallest absolute Gasteiger partial charge is 0.379 e. The van der Waals surface area contributed by atoms with Crippen molar-refractivity contribution in [2.75, 3.05) is 0 Å². The monoisotopic (exact) mass is 229 g/mol. The second kappa shape index (κ2) is 6.48. The number of ether oxygens (including phenoxy) is 1. The van der Waals surface area contributed by atoms with Crippen LogP contribution in [0.5, 0.6) is 0 Å². The minimum absolute atomic E-state index is 0. The molecule has 4 nitrogen and oxygen atoms in total. The first-order chi connectivity index (χ1) is 7.38. The van der Waals surface area contributed by atoms with E-state index in [9.17, 15) is 9.59 Å². The molecule has 0 N–H and O–H groups in total. The van der Waals surface area contributed by atoms with Gasteiger partial charge < -0.3 is 9.15 Å². The maximum absolute atomic E-state index is 11.3. The molecule has 1 aromatic heterocycles. The van der Waals surface area contributed by atoms with E-state index in [1.807, 2.05) is 0 Å². The maximum atomic E-state index is 11.3. The molecule has 0 spiro atoms. The van der Waals surface area contributed by atoms with Crippen LogP contribution >= 0.6 is 0 Å². The van der Waals surface area contributed by atoms with Gasteiger partial charge in [0.25, 0.3) is 5.78 Å². The zero-order chi connectivity index (χ0) is 12.2. The van der Waals surface area contributed by atoms with E-state index >= 15 is 0 Å². The summed E-state index contributed by atoms with van der Waals surface area (Å²) in [5.41, 5.74) is -0.661. The second-order valence-corrected chi connectivity index (χ2v) is 4.21. The number of carbonyl (C=O) groups excluding carboxylic acids is 2. The van der Waals surface area contributed by atoms with Crippen molar-refractivity contribution in [3.8, 4) is 0 Å².